The minimum absolute atomic E-state index is 0.186. The molecular formula is C16H23F3N2O4. The average Bonchev–Trinajstić information content (AvgIpc) is 2.65. The summed E-state index contributed by atoms with van der Waals surface area (Å²) in [6.45, 7) is 7.56. The van der Waals surface area contributed by atoms with Crippen molar-refractivity contribution in [3.8, 4) is 0 Å². The second-order valence-electron chi connectivity index (χ2n) is 6.61. The van der Waals surface area contributed by atoms with E-state index in [0.717, 1.165) is 12.0 Å². The summed E-state index contributed by atoms with van der Waals surface area (Å²) in [7, 11) is 0.919. The molecule has 25 heavy (non-hydrogen) atoms. The van der Waals surface area contributed by atoms with Crippen molar-refractivity contribution in [2.24, 2.45) is 5.92 Å². The van der Waals surface area contributed by atoms with Gasteiger partial charge in [-0.15, -0.1) is 0 Å². The van der Waals surface area contributed by atoms with Gasteiger partial charge in [-0.25, -0.2) is 4.79 Å². The van der Waals surface area contributed by atoms with Crippen LogP contribution in [0.1, 0.15) is 41.0 Å². The summed E-state index contributed by atoms with van der Waals surface area (Å²) in [6, 6.07) is -0.640. The molecule has 142 valence electrons. The molecule has 0 bridgehead atoms. The zero-order chi connectivity index (χ0) is 19.7. The number of alkyl halides is 3. The Kier molecular flexibility index (Phi) is 5.92. The third kappa shape index (κ3) is 3.50. The van der Waals surface area contributed by atoms with Crippen molar-refractivity contribution in [2.75, 3.05) is 7.11 Å². The first-order valence-corrected chi connectivity index (χ1v) is 7.82. The highest BCUT2D eigenvalue weighted by Gasteiger charge is 2.71. The molecule has 1 aliphatic heterocycles. The molecule has 0 fully saturated rings. The maximum Gasteiger partial charge on any atom is 0.425 e. The van der Waals surface area contributed by atoms with Crippen LogP contribution in [0.2, 0.25) is 0 Å². The van der Waals surface area contributed by atoms with E-state index >= 15 is 0 Å². The molecule has 2 amide bonds. The highest BCUT2D eigenvalue weighted by molar-refractivity contribution is 6.10. The lowest BCUT2D eigenvalue weighted by atomic mass is 9.88. The van der Waals surface area contributed by atoms with Gasteiger partial charge in [0.25, 0.3) is 5.91 Å². The minimum Gasteiger partial charge on any atom is -0.466 e. The number of nitrogens with one attached hydrogen (secondary N) is 1. The number of carbonyl (C=O) groups excluding carboxylic acids is 3. The number of amides is 2. The Labute approximate surface area is 144 Å². The number of ether oxygens (including phenoxy) is 1. The lowest BCUT2D eigenvalue weighted by Gasteiger charge is -2.34. The number of carbonyl (C=O) groups is 3. The van der Waals surface area contributed by atoms with Gasteiger partial charge in [0.2, 0.25) is 11.4 Å². The van der Waals surface area contributed by atoms with Crippen molar-refractivity contribution in [2.45, 2.75) is 58.8 Å². The molecule has 0 aromatic heterocycles. The van der Waals surface area contributed by atoms with Crippen LogP contribution in [0.3, 0.4) is 0 Å². The first-order valence-electron chi connectivity index (χ1n) is 7.82. The topological polar surface area (TPSA) is 75.7 Å². The standard InChI is InChI=1S/C16H23F3N2O4/c1-8(2)7-11(22)20-15(16(17,18)19)12(13(23)25-6)10(5)21(9(3)4)14(15)24/h8-9H,7H2,1-6H3,(H,20,22). The molecule has 1 unspecified atom stereocenters. The van der Waals surface area contributed by atoms with E-state index in [9.17, 15) is 27.6 Å². The van der Waals surface area contributed by atoms with E-state index in [1.165, 1.54) is 20.8 Å². The molecule has 0 saturated carbocycles. The molecule has 0 spiro atoms. The smallest absolute Gasteiger partial charge is 0.425 e. The molecule has 0 saturated heterocycles. The van der Waals surface area contributed by atoms with Crippen molar-refractivity contribution in [3.63, 3.8) is 0 Å². The Hall–Kier alpha value is -2.06. The van der Waals surface area contributed by atoms with Gasteiger partial charge in [0.05, 0.1) is 7.11 Å². The predicted octanol–water partition coefficient (Wildman–Crippen LogP) is 2.15. The fourth-order valence-electron chi connectivity index (χ4n) is 2.94. The fraction of sp³-hybridized carbons (Fsp3) is 0.688. The molecule has 1 aliphatic rings. The number of rotatable bonds is 5. The van der Waals surface area contributed by atoms with Crippen molar-refractivity contribution < 1.29 is 32.3 Å². The van der Waals surface area contributed by atoms with Gasteiger partial charge in [-0.05, 0) is 26.7 Å². The average molecular weight is 364 g/mol. The molecule has 0 radical (unpaired) electrons. The summed E-state index contributed by atoms with van der Waals surface area (Å²) >= 11 is 0. The number of esters is 1. The van der Waals surface area contributed by atoms with Crippen molar-refractivity contribution >= 4 is 17.8 Å². The summed E-state index contributed by atoms with van der Waals surface area (Å²) in [5, 5.41) is 1.78. The van der Waals surface area contributed by atoms with E-state index in [0.29, 0.717) is 0 Å². The van der Waals surface area contributed by atoms with Gasteiger partial charge in [0.1, 0.15) is 5.57 Å². The number of hydrogen-bond acceptors (Lipinski definition) is 4. The number of hydrogen-bond donors (Lipinski definition) is 1. The van der Waals surface area contributed by atoms with Gasteiger partial charge in [0.15, 0.2) is 0 Å². The molecule has 1 rings (SSSR count). The number of nitrogens with zero attached hydrogens (tertiary/aromatic N) is 1. The predicted molar refractivity (Wildman–Crippen MR) is 83.1 cm³/mol. The maximum atomic E-state index is 14.0. The van der Waals surface area contributed by atoms with E-state index < -0.39 is 41.1 Å². The van der Waals surface area contributed by atoms with E-state index in [4.69, 9.17) is 0 Å². The van der Waals surface area contributed by atoms with E-state index in [2.05, 4.69) is 4.74 Å². The normalized spacial score (nSPS) is 21.4. The van der Waals surface area contributed by atoms with Gasteiger partial charge >= 0.3 is 12.1 Å². The Balaban J connectivity index is 3.64. The second kappa shape index (κ2) is 7.05. The number of allylic oxidation sites excluding steroid dienone is 1. The summed E-state index contributed by atoms with van der Waals surface area (Å²) in [5.41, 5.74) is -4.53. The Morgan fingerprint density at radius 2 is 1.76 bits per heavy atom. The summed E-state index contributed by atoms with van der Waals surface area (Å²) in [5.74, 6) is -3.92. The monoisotopic (exact) mass is 364 g/mol. The summed E-state index contributed by atoms with van der Waals surface area (Å²) in [6.07, 6.45) is -5.44. The van der Waals surface area contributed by atoms with Crippen molar-refractivity contribution in [1.82, 2.24) is 10.2 Å². The van der Waals surface area contributed by atoms with E-state index in [1.807, 2.05) is 0 Å². The lowest BCUT2D eigenvalue weighted by molar-refractivity contribution is -0.196. The van der Waals surface area contributed by atoms with Gasteiger partial charge in [-0.3, -0.25) is 9.59 Å². The molecule has 0 aromatic carbocycles. The van der Waals surface area contributed by atoms with Crippen LogP contribution in [0.5, 0.6) is 0 Å². The Bertz CT molecular complexity index is 611. The minimum atomic E-state index is -5.22. The molecule has 6 nitrogen and oxygen atoms in total. The van der Waals surface area contributed by atoms with E-state index in [-0.39, 0.29) is 18.0 Å². The Morgan fingerprint density at radius 1 is 1.24 bits per heavy atom. The van der Waals surface area contributed by atoms with Gasteiger partial charge in [-0.2, -0.15) is 13.2 Å². The first-order chi connectivity index (χ1) is 11.3. The quantitative estimate of drug-likeness (QED) is 0.759. The van der Waals surface area contributed by atoms with Crippen LogP contribution in [0.15, 0.2) is 11.3 Å². The second-order valence-corrected chi connectivity index (χ2v) is 6.61. The molecule has 1 N–H and O–H groups in total. The maximum absolute atomic E-state index is 14.0. The van der Waals surface area contributed by atoms with Gasteiger partial charge in [0, 0.05) is 18.2 Å². The SMILES string of the molecule is COC(=O)C1=C(C)N(C(C)C)C(=O)C1(NC(=O)CC(C)C)C(F)(F)F. The lowest BCUT2D eigenvalue weighted by Crippen LogP contribution is -2.66. The Morgan fingerprint density at radius 3 is 2.12 bits per heavy atom. The van der Waals surface area contributed by atoms with Crippen LogP contribution >= 0.6 is 0 Å². The molecule has 0 aromatic rings. The van der Waals surface area contributed by atoms with Crippen LogP contribution in [0.25, 0.3) is 0 Å². The molecular weight excluding hydrogens is 341 g/mol. The fourth-order valence-corrected chi connectivity index (χ4v) is 2.94. The molecule has 9 heteroatoms. The van der Waals surface area contributed by atoms with E-state index in [1.54, 1.807) is 19.2 Å². The van der Waals surface area contributed by atoms with Crippen LogP contribution in [0.4, 0.5) is 13.2 Å². The summed E-state index contributed by atoms with van der Waals surface area (Å²) in [4.78, 5) is 37.8. The number of halogens is 3. The molecule has 0 aliphatic carbocycles. The van der Waals surface area contributed by atoms with Crippen molar-refractivity contribution in [3.05, 3.63) is 11.3 Å². The third-order valence-corrected chi connectivity index (χ3v) is 3.89. The number of methoxy groups -OCH3 is 1. The van der Waals surface area contributed by atoms with Crippen molar-refractivity contribution in [1.29, 1.82) is 0 Å². The first kappa shape index (κ1) is 21.0. The van der Waals surface area contributed by atoms with Crippen LogP contribution in [-0.2, 0) is 19.1 Å². The molecule has 1 heterocycles. The zero-order valence-corrected chi connectivity index (χ0v) is 15.1. The van der Waals surface area contributed by atoms with Gasteiger partial charge < -0.3 is 15.0 Å². The van der Waals surface area contributed by atoms with Gasteiger partial charge in [-0.1, -0.05) is 13.8 Å². The van der Waals surface area contributed by atoms with Crippen LogP contribution in [0, 0.1) is 5.92 Å². The van der Waals surface area contributed by atoms with Crippen LogP contribution < -0.4 is 5.32 Å². The zero-order valence-electron chi connectivity index (χ0n) is 15.1. The van der Waals surface area contributed by atoms with Crippen LogP contribution in [-0.4, -0.2) is 47.6 Å². The highest BCUT2D eigenvalue weighted by Crippen LogP contribution is 2.45. The largest absolute Gasteiger partial charge is 0.466 e. The highest BCUT2D eigenvalue weighted by atomic mass is 19.4. The summed E-state index contributed by atoms with van der Waals surface area (Å²) < 4.78 is 46.5. The third-order valence-electron chi connectivity index (χ3n) is 3.89. The molecule has 1 atom stereocenters.